The van der Waals surface area contributed by atoms with E-state index in [-0.39, 0.29) is 11.9 Å². The van der Waals surface area contributed by atoms with E-state index in [1.165, 1.54) is 11.1 Å². The predicted octanol–water partition coefficient (Wildman–Crippen LogP) is 6.46. The Hall–Kier alpha value is -2.62. The monoisotopic (exact) mass is 438 g/mol. The summed E-state index contributed by atoms with van der Waals surface area (Å²) in [5, 5.41) is 0. The van der Waals surface area contributed by atoms with Crippen molar-refractivity contribution in [2.24, 2.45) is 0 Å². The highest BCUT2D eigenvalue weighted by atomic mass is 16.5. The van der Waals surface area contributed by atoms with E-state index in [4.69, 9.17) is 9.47 Å². The summed E-state index contributed by atoms with van der Waals surface area (Å²) < 4.78 is 10.6. The van der Waals surface area contributed by atoms with Crippen molar-refractivity contribution < 1.29 is 19.1 Å². The molecule has 0 atom stereocenters. The Morgan fingerprint density at radius 3 is 1.28 bits per heavy atom. The molecule has 0 bridgehead atoms. The number of hydrogen-bond donors (Lipinski definition) is 0. The van der Waals surface area contributed by atoms with Gasteiger partial charge in [-0.15, -0.1) is 0 Å². The standard InChI is InChI=1S/C28H38O4/c29-27(31-23-13-19-25-15-7-5-8-16-25)21-11-3-1-2-4-12-22-28(30)32-24-14-20-26-17-9-6-10-18-26/h5-10,15-18H,1-4,11-14,19-24H2. The van der Waals surface area contributed by atoms with Gasteiger partial charge in [0.1, 0.15) is 0 Å². The molecule has 0 spiro atoms. The van der Waals surface area contributed by atoms with E-state index >= 15 is 0 Å². The van der Waals surface area contributed by atoms with Crippen LogP contribution < -0.4 is 0 Å². The fourth-order valence-electron chi connectivity index (χ4n) is 3.60. The lowest BCUT2D eigenvalue weighted by molar-refractivity contribution is -0.144. The van der Waals surface area contributed by atoms with Crippen LogP contribution in [0.15, 0.2) is 60.7 Å². The van der Waals surface area contributed by atoms with Gasteiger partial charge >= 0.3 is 11.9 Å². The van der Waals surface area contributed by atoms with Crippen LogP contribution in [0.4, 0.5) is 0 Å². The summed E-state index contributed by atoms with van der Waals surface area (Å²) in [6.07, 6.45) is 10.6. The summed E-state index contributed by atoms with van der Waals surface area (Å²) in [7, 11) is 0. The summed E-state index contributed by atoms with van der Waals surface area (Å²) >= 11 is 0. The van der Waals surface area contributed by atoms with Gasteiger partial charge in [-0.3, -0.25) is 9.59 Å². The van der Waals surface area contributed by atoms with Gasteiger partial charge in [0, 0.05) is 12.8 Å². The fraction of sp³-hybridized carbons (Fsp3) is 0.500. The maximum Gasteiger partial charge on any atom is 0.305 e. The Bertz CT molecular complexity index is 677. The van der Waals surface area contributed by atoms with Crippen LogP contribution in [-0.2, 0) is 31.9 Å². The zero-order chi connectivity index (χ0) is 22.7. The number of ether oxygens (including phenoxy) is 2. The first-order valence-electron chi connectivity index (χ1n) is 12.1. The number of carbonyl (C=O) groups excluding carboxylic acids is 2. The largest absolute Gasteiger partial charge is 0.466 e. The maximum absolute atomic E-state index is 11.8. The zero-order valence-electron chi connectivity index (χ0n) is 19.3. The zero-order valence-corrected chi connectivity index (χ0v) is 19.3. The molecule has 0 radical (unpaired) electrons. The van der Waals surface area contributed by atoms with Crippen molar-refractivity contribution in [3.63, 3.8) is 0 Å². The summed E-state index contributed by atoms with van der Waals surface area (Å²) in [6, 6.07) is 20.5. The van der Waals surface area contributed by atoms with Gasteiger partial charge in [0.05, 0.1) is 13.2 Å². The van der Waals surface area contributed by atoms with E-state index in [0.29, 0.717) is 26.1 Å². The molecule has 4 heteroatoms. The van der Waals surface area contributed by atoms with Crippen LogP contribution in [0.25, 0.3) is 0 Å². The van der Waals surface area contributed by atoms with Crippen LogP contribution in [0.3, 0.4) is 0 Å². The molecule has 0 saturated carbocycles. The van der Waals surface area contributed by atoms with E-state index < -0.39 is 0 Å². The fourth-order valence-corrected chi connectivity index (χ4v) is 3.60. The molecule has 0 saturated heterocycles. The molecular formula is C28H38O4. The molecule has 0 unspecified atom stereocenters. The molecule has 174 valence electrons. The third-order valence-electron chi connectivity index (χ3n) is 5.44. The van der Waals surface area contributed by atoms with Crippen molar-refractivity contribution in [1.29, 1.82) is 0 Å². The number of aryl methyl sites for hydroxylation is 2. The minimum atomic E-state index is -0.0897. The van der Waals surface area contributed by atoms with Gasteiger partial charge in [-0.25, -0.2) is 0 Å². The summed E-state index contributed by atoms with van der Waals surface area (Å²) in [4.78, 5) is 23.6. The van der Waals surface area contributed by atoms with Crippen molar-refractivity contribution in [1.82, 2.24) is 0 Å². The Labute approximate surface area is 193 Å². The number of benzene rings is 2. The lowest BCUT2D eigenvalue weighted by Crippen LogP contribution is -2.06. The summed E-state index contributed by atoms with van der Waals surface area (Å²) in [5.74, 6) is -0.179. The van der Waals surface area contributed by atoms with Crippen molar-refractivity contribution >= 4 is 11.9 Å². The van der Waals surface area contributed by atoms with Crippen molar-refractivity contribution in [3.05, 3.63) is 71.8 Å². The van der Waals surface area contributed by atoms with Gasteiger partial charge in [0.15, 0.2) is 0 Å². The maximum atomic E-state index is 11.8. The second-order valence-electron chi connectivity index (χ2n) is 8.24. The van der Waals surface area contributed by atoms with Gasteiger partial charge < -0.3 is 9.47 Å². The summed E-state index contributed by atoms with van der Waals surface area (Å²) in [6.45, 7) is 0.992. The SMILES string of the molecule is O=C(CCCCCCCCC(=O)OCCCc1ccccc1)OCCCc1ccccc1. The van der Waals surface area contributed by atoms with Crippen LogP contribution in [-0.4, -0.2) is 25.2 Å². The third kappa shape index (κ3) is 12.9. The van der Waals surface area contributed by atoms with E-state index in [2.05, 4.69) is 24.3 Å². The molecular weight excluding hydrogens is 400 g/mol. The molecule has 2 aromatic rings. The summed E-state index contributed by atoms with van der Waals surface area (Å²) in [5.41, 5.74) is 2.56. The van der Waals surface area contributed by atoms with Gasteiger partial charge in [-0.05, 0) is 49.7 Å². The van der Waals surface area contributed by atoms with Crippen molar-refractivity contribution in [3.8, 4) is 0 Å². The Balaban J connectivity index is 1.32. The normalized spacial score (nSPS) is 10.6. The van der Waals surface area contributed by atoms with E-state index in [1.807, 2.05) is 36.4 Å². The van der Waals surface area contributed by atoms with Crippen LogP contribution in [0.1, 0.15) is 75.3 Å². The molecule has 2 rings (SSSR count). The second-order valence-corrected chi connectivity index (χ2v) is 8.24. The highest BCUT2D eigenvalue weighted by Crippen LogP contribution is 2.10. The molecule has 2 aromatic carbocycles. The Morgan fingerprint density at radius 1 is 0.500 bits per heavy atom. The second kappa shape index (κ2) is 17.0. The minimum Gasteiger partial charge on any atom is -0.466 e. The molecule has 0 amide bonds. The minimum absolute atomic E-state index is 0.0897. The average Bonchev–Trinajstić information content (AvgIpc) is 2.82. The highest BCUT2D eigenvalue weighted by Gasteiger charge is 2.04. The van der Waals surface area contributed by atoms with E-state index in [9.17, 15) is 9.59 Å². The topological polar surface area (TPSA) is 52.6 Å². The lowest BCUT2D eigenvalue weighted by atomic mass is 10.1. The first-order chi connectivity index (χ1) is 15.7. The van der Waals surface area contributed by atoms with Gasteiger partial charge in [0.25, 0.3) is 0 Å². The predicted molar refractivity (Wildman–Crippen MR) is 128 cm³/mol. The first-order valence-corrected chi connectivity index (χ1v) is 12.1. The molecule has 0 aliphatic rings. The number of carbonyl (C=O) groups is 2. The van der Waals surface area contributed by atoms with Crippen LogP contribution in [0.5, 0.6) is 0 Å². The molecule has 4 nitrogen and oxygen atoms in total. The lowest BCUT2D eigenvalue weighted by Gasteiger charge is -2.06. The Morgan fingerprint density at radius 2 is 0.875 bits per heavy atom. The average molecular weight is 439 g/mol. The first kappa shape index (κ1) is 25.6. The molecule has 0 aromatic heterocycles. The van der Waals surface area contributed by atoms with Crippen LogP contribution in [0, 0.1) is 0 Å². The Kier molecular flexibility index (Phi) is 13.6. The van der Waals surface area contributed by atoms with Crippen molar-refractivity contribution in [2.45, 2.75) is 77.0 Å². The van der Waals surface area contributed by atoms with Gasteiger partial charge in [-0.1, -0.05) is 86.3 Å². The van der Waals surface area contributed by atoms with E-state index in [1.54, 1.807) is 0 Å². The van der Waals surface area contributed by atoms with Crippen LogP contribution >= 0.6 is 0 Å². The highest BCUT2D eigenvalue weighted by molar-refractivity contribution is 5.69. The van der Waals surface area contributed by atoms with Gasteiger partial charge in [-0.2, -0.15) is 0 Å². The molecule has 0 aliphatic heterocycles. The number of hydrogen-bond acceptors (Lipinski definition) is 4. The molecule has 0 fully saturated rings. The van der Waals surface area contributed by atoms with Crippen LogP contribution in [0.2, 0.25) is 0 Å². The molecule has 32 heavy (non-hydrogen) atoms. The number of rotatable bonds is 17. The third-order valence-corrected chi connectivity index (χ3v) is 5.44. The number of unbranched alkanes of at least 4 members (excludes halogenated alkanes) is 5. The molecule has 0 N–H and O–H groups in total. The molecule has 0 aliphatic carbocycles. The van der Waals surface area contributed by atoms with E-state index in [0.717, 1.165) is 64.2 Å². The number of esters is 2. The smallest absolute Gasteiger partial charge is 0.305 e. The van der Waals surface area contributed by atoms with Crippen molar-refractivity contribution in [2.75, 3.05) is 13.2 Å². The quantitative estimate of drug-likeness (QED) is 0.210. The van der Waals surface area contributed by atoms with Gasteiger partial charge in [0.2, 0.25) is 0 Å². The molecule has 0 heterocycles.